The van der Waals surface area contributed by atoms with Gasteiger partial charge in [-0.3, -0.25) is 19.3 Å². The van der Waals surface area contributed by atoms with E-state index in [9.17, 15) is 14.4 Å². The molecule has 2 heterocycles. The van der Waals surface area contributed by atoms with Crippen molar-refractivity contribution in [1.29, 1.82) is 0 Å². The van der Waals surface area contributed by atoms with Gasteiger partial charge in [-0.25, -0.2) is 4.98 Å². The first kappa shape index (κ1) is 17.9. The molecule has 0 unspecified atom stereocenters. The standard InChI is InChI=1S/C18H16ClN3O4/c1-2-14(23)11-3-4-15-13(7-11)22(18(25)10-26-15)9-17(24)21-16-8-12(19)5-6-20-16/h3-8H,2,9-10H2,1H3,(H,20,21,24). The van der Waals surface area contributed by atoms with Gasteiger partial charge in [-0.15, -0.1) is 0 Å². The summed E-state index contributed by atoms with van der Waals surface area (Å²) in [4.78, 5) is 41.8. The Hall–Kier alpha value is -2.93. The zero-order chi connectivity index (χ0) is 18.7. The van der Waals surface area contributed by atoms with E-state index in [2.05, 4.69) is 10.3 Å². The van der Waals surface area contributed by atoms with Gasteiger partial charge < -0.3 is 10.1 Å². The molecule has 0 aliphatic carbocycles. The van der Waals surface area contributed by atoms with Gasteiger partial charge in [0.05, 0.1) is 5.69 Å². The van der Waals surface area contributed by atoms with Gasteiger partial charge in [0, 0.05) is 23.2 Å². The van der Waals surface area contributed by atoms with Crippen molar-refractivity contribution in [3.05, 3.63) is 47.1 Å². The first-order valence-electron chi connectivity index (χ1n) is 7.99. The van der Waals surface area contributed by atoms with Crippen molar-refractivity contribution in [3.63, 3.8) is 0 Å². The van der Waals surface area contributed by atoms with Crippen LogP contribution in [0, 0.1) is 0 Å². The van der Waals surface area contributed by atoms with Gasteiger partial charge in [-0.05, 0) is 30.3 Å². The number of carbonyl (C=O) groups is 3. The van der Waals surface area contributed by atoms with E-state index < -0.39 is 5.91 Å². The Bertz CT molecular complexity index is 884. The molecule has 2 aromatic rings. The molecule has 26 heavy (non-hydrogen) atoms. The normalized spacial score (nSPS) is 13.0. The summed E-state index contributed by atoms with van der Waals surface area (Å²) in [5.41, 5.74) is 0.862. The number of pyridine rings is 1. The molecule has 0 saturated heterocycles. The second kappa shape index (κ2) is 7.53. The Morgan fingerprint density at radius 3 is 2.85 bits per heavy atom. The molecular formula is C18H16ClN3O4. The minimum atomic E-state index is -0.437. The predicted molar refractivity (Wildman–Crippen MR) is 96.8 cm³/mol. The van der Waals surface area contributed by atoms with Crippen LogP contribution < -0.4 is 15.0 Å². The molecule has 1 aromatic heterocycles. The summed E-state index contributed by atoms with van der Waals surface area (Å²) in [5, 5.41) is 3.03. The number of nitrogens with zero attached hydrogens (tertiary/aromatic N) is 2. The molecular weight excluding hydrogens is 358 g/mol. The summed E-state index contributed by atoms with van der Waals surface area (Å²) in [5.74, 6) is -0.122. The van der Waals surface area contributed by atoms with Gasteiger partial charge in [-0.2, -0.15) is 0 Å². The van der Waals surface area contributed by atoms with E-state index in [4.69, 9.17) is 16.3 Å². The maximum Gasteiger partial charge on any atom is 0.265 e. The van der Waals surface area contributed by atoms with Crippen molar-refractivity contribution in [1.82, 2.24) is 4.98 Å². The molecule has 7 nitrogen and oxygen atoms in total. The van der Waals surface area contributed by atoms with E-state index in [0.717, 1.165) is 0 Å². The number of amides is 2. The molecule has 2 amide bonds. The lowest BCUT2D eigenvalue weighted by Gasteiger charge is -2.29. The van der Waals surface area contributed by atoms with Gasteiger partial charge in [0.2, 0.25) is 5.91 Å². The zero-order valence-electron chi connectivity index (χ0n) is 14.0. The minimum absolute atomic E-state index is 0.0571. The Morgan fingerprint density at radius 2 is 2.12 bits per heavy atom. The lowest BCUT2D eigenvalue weighted by atomic mass is 10.1. The lowest BCUT2D eigenvalue weighted by molar-refractivity contribution is -0.123. The van der Waals surface area contributed by atoms with Crippen molar-refractivity contribution in [2.45, 2.75) is 13.3 Å². The van der Waals surface area contributed by atoms with Crippen LogP contribution in [-0.4, -0.2) is 35.7 Å². The van der Waals surface area contributed by atoms with Crippen molar-refractivity contribution in [3.8, 4) is 5.75 Å². The minimum Gasteiger partial charge on any atom is -0.482 e. The third-order valence-electron chi connectivity index (χ3n) is 3.84. The molecule has 0 bridgehead atoms. The molecule has 1 aliphatic rings. The molecule has 0 radical (unpaired) electrons. The number of ketones is 1. The predicted octanol–water partition coefficient (Wildman–Crippen LogP) is 2.69. The number of halogens is 1. The Kier molecular flexibility index (Phi) is 5.18. The number of fused-ring (bicyclic) bond motifs is 1. The molecule has 1 aliphatic heterocycles. The highest BCUT2D eigenvalue weighted by molar-refractivity contribution is 6.30. The van der Waals surface area contributed by atoms with Crippen molar-refractivity contribution < 1.29 is 19.1 Å². The average Bonchev–Trinajstić information content (AvgIpc) is 2.63. The quantitative estimate of drug-likeness (QED) is 0.814. The average molecular weight is 374 g/mol. The Balaban J connectivity index is 1.82. The maximum absolute atomic E-state index is 12.3. The number of nitrogens with one attached hydrogen (secondary N) is 1. The van der Waals surface area contributed by atoms with Gasteiger partial charge in [0.25, 0.3) is 5.91 Å². The van der Waals surface area contributed by atoms with E-state index in [1.54, 1.807) is 31.2 Å². The van der Waals surface area contributed by atoms with Crippen LogP contribution in [0.3, 0.4) is 0 Å². The monoisotopic (exact) mass is 373 g/mol. The fourth-order valence-electron chi connectivity index (χ4n) is 2.55. The first-order valence-corrected chi connectivity index (χ1v) is 8.37. The number of hydrogen-bond acceptors (Lipinski definition) is 5. The van der Waals surface area contributed by atoms with E-state index in [0.29, 0.717) is 34.3 Å². The molecule has 0 fully saturated rings. The first-order chi connectivity index (χ1) is 12.5. The van der Waals surface area contributed by atoms with Crippen LogP contribution in [0.5, 0.6) is 5.75 Å². The third-order valence-corrected chi connectivity index (χ3v) is 4.07. The highest BCUT2D eigenvalue weighted by Gasteiger charge is 2.28. The summed E-state index contributed by atoms with van der Waals surface area (Å²) in [6.07, 6.45) is 1.81. The number of Topliss-reactive ketones (excluding diaryl/α,β-unsaturated/α-hetero) is 1. The summed E-state index contributed by atoms with van der Waals surface area (Å²) < 4.78 is 5.39. The fourth-order valence-corrected chi connectivity index (χ4v) is 2.71. The SMILES string of the molecule is CCC(=O)c1ccc2c(c1)N(CC(=O)Nc1cc(Cl)ccn1)C(=O)CO2. The van der Waals surface area contributed by atoms with Gasteiger partial charge >= 0.3 is 0 Å². The van der Waals surface area contributed by atoms with Gasteiger partial charge in [0.1, 0.15) is 18.1 Å². The number of anilines is 2. The van der Waals surface area contributed by atoms with Crippen LogP contribution in [0.2, 0.25) is 5.02 Å². The van der Waals surface area contributed by atoms with Crippen molar-refractivity contribution in [2.75, 3.05) is 23.4 Å². The molecule has 0 spiro atoms. The smallest absolute Gasteiger partial charge is 0.265 e. The Morgan fingerprint density at radius 1 is 1.31 bits per heavy atom. The van der Waals surface area contributed by atoms with Crippen LogP contribution in [0.4, 0.5) is 11.5 Å². The van der Waals surface area contributed by atoms with Crippen LogP contribution in [0.1, 0.15) is 23.7 Å². The molecule has 0 saturated carbocycles. The van der Waals surface area contributed by atoms with Crippen LogP contribution in [0.15, 0.2) is 36.5 Å². The number of rotatable bonds is 5. The number of hydrogen-bond donors (Lipinski definition) is 1. The summed E-state index contributed by atoms with van der Waals surface area (Å²) in [6, 6.07) is 7.95. The van der Waals surface area contributed by atoms with Crippen LogP contribution in [0.25, 0.3) is 0 Å². The zero-order valence-corrected chi connectivity index (χ0v) is 14.7. The van der Waals surface area contributed by atoms with Crippen molar-refractivity contribution in [2.24, 2.45) is 0 Å². The summed E-state index contributed by atoms with van der Waals surface area (Å²) in [7, 11) is 0. The fraction of sp³-hybridized carbons (Fsp3) is 0.222. The second-order valence-corrected chi connectivity index (χ2v) is 6.07. The molecule has 8 heteroatoms. The summed E-state index contributed by atoms with van der Waals surface area (Å²) >= 11 is 5.87. The molecule has 3 rings (SSSR count). The topological polar surface area (TPSA) is 88.6 Å². The largest absolute Gasteiger partial charge is 0.482 e. The van der Waals surface area contributed by atoms with E-state index in [1.807, 2.05) is 0 Å². The maximum atomic E-state index is 12.3. The van der Waals surface area contributed by atoms with Gasteiger partial charge in [0.15, 0.2) is 12.4 Å². The van der Waals surface area contributed by atoms with E-state index >= 15 is 0 Å². The molecule has 1 N–H and O–H groups in total. The highest BCUT2D eigenvalue weighted by Crippen LogP contribution is 2.33. The van der Waals surface area contributed by atoms with Crippen molar-refractivity contribution >= 4 is 40.7 Å². The number of aromatic nitrogens is 1. The Labute approximate surface area is 154 Å². The second-order valence-electron chi connectivity index (χ2n) is 5.64. The van der Waals surface area contributed by atoms with E-state index in [-0.39, 0.29) is 24.8 Å². The molecule has 134 valence electrons. The number of carbonyl (C=O) groups excluding carboxylic acids is 3. The van der Waals surface area contributed by atoms with Gasteiger partial charge in [-0.1, -0.05) is 18.5 Å². The molecule has 1 aromatic carbocycles. The van der Waals surface area contributed by atoms with Crippen LogP contribution in [-0.2, 0) is 9.59 Å². The lowest BCUT2D eigenvalue weighted by Crippen LogP contribution is -2.43. The van der Waals surface area contributed by atoms with Crippen LogP contribution >= 0.6 is 11.6 Å². The molecule has 0 atom stereocenters. The summed E-state index contributed by atoms with van der Waals surface area (Å²) in [6.45, 7) is 1.36. The highest BCUT2D eigenvalue weighted by atomic mass is 35.5. The third kappa shape index (κ3) is 3.83. The number of benzene rings is 1. The number of ether oxygens (including phenoxy) is 1. The van der Waals surface area contributed by atoms with E-state index in [1.165, 1.54) is 17.2 Å².